The summed E-state index contributed by atoms with van der Waals surface area (Å²) in [6.07, 6.45) is 4.93. The fraction of sp³-hybridized carbons (Fsp3) is 0.333. The monoisotopic (exact) mass is 610 g/mol. The molecule has 3 rings (SSSR count). The quantitative estimate of drug-likeness (QED) is 0.184. The molecule has 1 aliphatic carbocycles. The van der Waals surface area contributed by atoms with Gasteiger partial charge in [-0.1, -0.05) is 0 Å². The highest BCUT2D eigenvalue weighted by atomic mass is 127. The van der Waals surface area contributed by atoms with E-state index in [0.717, 1.165) is 36.1 Å². The first-order valence-corrected chi connectivity index (χ1v) is 12.6. The fourth-order valence-electron chi connectivity index (χ4n) is 3.66. The third-order valence-electron chi connectivity index (χ3n) is 5.15. The van der Waals surface area contributed by atoms with E-state index in [1.165, 1.54) is 30.6 Å². The number of carbonyl (C=O) groups is 3. The van der Waals surface area contributed by atoms with Gasteiger partial charge in [0.1, 0.15) is 16.6 Å². The summed E-state index contributed by atoms with van der Waals surface area (Å²) in [5.74, 6) is -1.76. The van der Waals surface area contributed by atoms with Crippen LogP contribution in [0.4, 0.5) is 5.00 Å². The number of carboxylic acids is 1. The van der Waals surface area contributed by atoms with E-state index in [1.807, 2.05) is 28.7 Å². The van der Waals surface area contributed by atoms with Gasteiger partial charge in [0.25, 0.3) is 5.91 Å². The molecule has 0 aliphatic heterocycles. The Morgan fingerprint density at radius 1 is 1.29 bits per heavy atom. The van der Waals surface area contributed by atoms with Gasteiger partial charge < -0.3 is 24.6 Å². The second-order valence-corrected chi connectivity index (χ2v) is 9.74. The number of rotatable bonds is 9. The van der Waals surface area contributed by atoms with Crippen molar-refractivity contribution in [2.45, 2.75) is 32.6 Å². The number of nitriles is 1. The van der Waals surface area contributed by atoms with Gasteiger partial charge in [-0.25, -0.2) is 9.59 Å². The zero-order valence-electron chi connectivity index (χ0n) is 19.1. The number of aliphatic carboxylic acids is 1. The average Bonchev–Trinajstić information content (AvgIpc) is 3.19. The van der Waals surface area contributed by atoms with E-state index in [2.05, 4.69) is 5.32 Å². The Bertz CT molecular complexity index is 1230. The first-order chi connectivity index (χ1) is 16.8. The van der Waals surface area contributed by atoms with Crippen LogP contribution < -0.4 is 14.8 Å². The maximum Gasteiger partial charge on any atom is 0.341 e. The van der Waals surface area contributed by atoms with E-state index in [1.54, 1.807) is 13.0 Å². The molecule has 1 aromatic carbocycles. The summed E-state index contributed by atoms with van der Waals surface area (Å²) in [6, 6.07) is 5.08. The predicted octanol–water partition coefficient (Wildman–Crippen LogP) is 4.43. The first kappa shape index (κ1) is 26.5. The average molecular weight is 610 g/mol. The van der Waals surface area contributed by atoms with Crippen LogP contribution >= 0.6 is 33.9 Å². The number of thiophene rings is 1. The van der Waals surface area contributed by atoms with Crippen LogP contribution in [-0.2, 0) is 27.2 Å². The van der Waals surface area contributed by atoms with Crippen LogP contribution in [0.3, 0.4) is 0 Å². The van der Waals surface area contributed by atoms with Crippen molar-refractivity contribution in [2.24, 2.45) is 0 Å². The second-order valence-electron chi connectivity index (χ2n) is 7.48. The molecule has 0 spiro atoms. The number of ether oxygens (including phenoxy) is 3. The Labute approximate surface area is 219 Å². The Morgan fingerprint density at radius 3 is 2.69 bits per heavy atom. The van der Waals surface area contributed by atoms with Crippen LogP contribution in [0.2, 0.25) is 0 Å². The maximum atomic E-state index is 13.0. The molecule has 1 amide bonds. The molecule has 0 unspecified atom stereocenters. The van der Waals surface area contributed by atoms with Gasteiger partial charge in [0.2, 0.25) is 0 Å². The number of carboxylic acid groups (broad SMARTS) is 1. The van der Waals surface area contributed by atoms with Gasteiger partial charge in [0.15, 0.2) is 18.1 Å². The molecule has 0 radical (unpaired) electrons. The van der Waals surface area contributed by atoms with Crippen molar-refractivity contribution in [2.75, 3.05) is 25.6 Å². The molecule has 2 N–H and O–H groups in total. The van der Waals surface area contributed by atoms with Crippen molar-refractivity contribution in [3.8, 4) is 17.6 Å². The molecular formula is C24H23IN2O7S. The standard InChI is InChI=1S/C24H23IN2O7S/c1-3-33-24(31)20-15-6-4-5-7-18(15)35-23(20)27-22(30)14(11-26)8-13-9-16(25)21(17(10-13)32-2)34-12-19(28)29/h8-10H,3-7,12H2,1-2H3,(H,27,30)(H,28,29)/b14-8+. The lowest BCUT2D eigenvalue weighted by atomic mass is 9.95. The second kappa shape index (κ2) is 12.0. The van der Waals surface area contributed by atoms with Gasteiger partial charge in [0, 0.05) is 4.88 Å². The minimum absolute atomic E-state index is 0.178. The summed E-state index contributed by atoms with van der Waals surface area (Å²) in [5.41, 5.74) is 1.59. The normalized spacial score (nSPS) is 12.8. The number of nitrogens with zero attached hydrogens (tertiary/aromatic N) is 1. The van der Waals surface area contributed by atoms with Gasteiger partial charge in [-0.3, -0.25) is 4.79 Å². The number of nitrogens with one attached hydrogen (secondary N) is 1. The third-order valence-corrected chi connectivity index (χ3v) is 7.15. The van der Waals surface area contributed by atoms with Gasteiger partial charge in [-0.15, -0.1) is 11.3 Å². The number of benzene rings is 1. The molecule has 1 heterocycles. The summed E-state index contributed by atoms with van der Waals surface area (Å²) in [6.45, 7) is 1.40. The molecule has 0 saturated carbocycles. The van der Waals surface area contributed by atoms with Crippen LogP contribution in [0.25, 0.3) is 6.08 Å². The predicted molar refractivity (Wildman–Crippen MR) is 138 cm³/mol. The number of anilines is 1. The van der Waals surface area contributed by atoms with Gasteiger partial charge in [0.05, 0.1) is 22.9 Å². The van der Waals surface area contributed by atoms with Gasteiger partial charge >= 0.3 is 11.9 Å². The molecule has 1 aromatic heterocycles. The Balaban J connectivity index is 1.91. The van der Waals surface area contributed by atoms with Crippen LogP contribution in [0.15, 0.2) is 17.7 Å². The molecule has 184 valence electrons. The van der Waals surface area contributed by atoms with E-state index in [9.17, 15) is 19.6 Å². The van der Waals surface area contributed by atoms with Crippen molar-refractivity contribution < 1.29 is 33.7 Å². The number of amides is 1. The molecule has 0 saturated heterocycles. The van der Waals surface area contributed by atoms with Gasteiger partial charge in [-0.2, -0.15) is 5.26 Å². The molecule has 0 bridgehead atoms. The van der Waals surface area contributed by atoms with Crippen molar-refractivity contribution in [3.05, 3.63) is 42.8 Å². The maximum absolute atomic E-state index is 13.0. The fourth-order valence-corrected chi connectivity index (χ4v) is 5.71. The minimum Gasteiger partial charge on any atom is -0.493 e. The molecule has 9 nitrogen and oxygen atoms in total. The van der Waals surface area contributed by atoms with Crippen molar-refractivity contribution in [1.82, 2.24) is 0 Å². The lowest BCUT2D eigenvalue weighted by molar-refractivity contribution is -0.139. The number of halogens is 1. The minimum atomic E-state index is -1.13. The lowest BCUT2D eigenvalue weighted by Crippen LogP contribution is -2.16. The number of methoxy groups -OCH3 is 1. The molecule has 1 aliphatic rings. The highest BCUT2D eigenvalue weighted by molar-refractivity contribution is 14.1. The zero-order chi connectivity index (χ0) is 25.5. The number of fused-ring (bicyclic) bond motifs is 1. The van der Waals surface area contributed by atoms with Gasteiger partial charge in [-0.05, 0) is 84.5 Å². The smallest absolute Gasteiger partial charge is 0.341 e. The van der Waals surface area contributed by atoms with Crippen LogP contribution in [-0.4, -0.2) is 43.3 Å². The molecular weight excluding hydrogens is 587 g/mol. The lowest BCUT2D eigenvalue weighted by Gasteiger charge is -2.13. The van der Waals surface area contributed by atoms with E-state index >= 15 is 0 Å². The SMILES string of the molecule is CCOC(=O)c1c(NC(=O)/C(C#N)=C/c2cc(I)c(OCC(=O)O)c(OC)c2)sc2c1CCCC2. The number of hydrogen-bond acceptors (Lipinski definition) is 8. The Kier molecular flexibility index (Phi) is 9.11. The molecule has 35 heavy (non-hydrogen) atoms. The largest absolute Gasteiger partial charge is 0.493 e. The highest BCUT2D eigenvalue weighted by Gasteiger charge is 2.28. The van der Waals surface area contributed by atoms with Crippen LogP contribution in [0, 0.1) is 14.9 Å². The van der Waals surface area contributed by atoms with Crippen molar-refractivity contribution in [3.63, 3.8) is 0 Å². The molecule has 0 atom stereocenters. The number of hydrogen-bond donors (Lipinski definition) is 2. The van der Waals surface area contributed by atoms with Crippen molar-refractivity contribution in [1.29, 1.82) is 5.26 Å². The van der Waals surface area contributed by atoms with E-state index in [-0.39, 0.29) is 23.7 Å². The van der Waals surface area contributed by atoms with E-state index in [0.29, 0.717) is 19.7 Å². The zero-order valence-corrected chi connectivity index (χ0v) is 22.1. The molecule has 11 heteroatoms. The summed E-state index contributed by atoms with van der Waals surface area (Å²) in [7, 11) is 1.40. The molecule has 2 aromatic rings. The summed E-state index contributed by atoms with van der Waals surface area (Å²) < 4.78 is 16.3. The number of aryl methyl sites for hydroxylation is 1. The summed E-state index contributed by atoms with van der Waals surface area (Å²) >= 11 is 3.30. The number of esters is 1. The Hall–Kier alpha value is -3.11. The topological polar surface area (TPSA) is 135 Å². The first-order valence-electron chi connectivity index (χ1n) is 10.8. The number of carbonyl (C=O) groups excluding carboxylic acids is 2. The summed E-state index contributed by atoms with van der Waals surface area (Å²) in [5, 5.41) is 21.6. The van der Waals surface area contributed by atoms with E-state index < -0.39 is 24.5 Å². The Morgan fingerprint density at radius 2 is 2.03 bits per heavy atom. The molecule has 0 fully saturated rings. The van der Waals surface area contributed by atoms with Crippen LogP contribution in [0.1, 0.15) is 46.1 Å². The highest BCUT2D eigenvalue weighted by Crippen LogP contribution is 2.39. The van der Waals surface area contributed by atoms with Crippen molar-refractivity contribution >= 4 is 62.9 Å². The van der Waals surface area contributed by atoms with Crippen LogP contribution in [0.5, 0.6) is 11.5 Å². The summed E-state index contributed by atoms with van der Waals surface area (Å²) in [4.78, 5) is 37.5. The van der Waals surface area contributed by atoms with E-state index in [4.69, 9.17) is 19.3 Å². The third kappa shape index (κ3) is 6.32.